The van der Waals surface area contributed by atoms with E-state index in [9.17, 15) is 14.7 Å². The summed E-state index contributed by atoms with van der Waals surface area (Å²) in [6.07, 6.45) is 3.88. The van der Waals surface area contributed by atoms with Gasteiger partial charge in [0.2, 0.25) is 5.91 Å². The molecule has 4 atom stereocenters. The van der Waals surface area contributed by atoms with Crippen molar-refractivity contribution < 1.29 is 24.2 Å². The van der Waals surface area contributed by atoms with Gasteiger partial charge in [0.25, 0.3) is 0 Å². The van der Waals surface area contributed by atoms with Gasteiger partial charge in [0, 0.05) is 44.4 Å². The van der Waals surface area contributed by atoms with E-state index in [0.29, 0.717) is 38.4 Å². The van der Waals surface area contributed by atoms with Crippen LogP contribution in [0.1, 0.15) is 43.6 Å². The fourth-order valence-electron chi connectivity index (χ4n) is 5.43. The van der Waals surface area contributed by atoms with E-state index >= 15 is 0 Å². The molecule has 0 aromatic carbocycles. The molecule has 1 N–H and O–H groups in total. The number of anilines is 1. The number of aromatic nitrogens is 2. The van der Waals surface area contributed by atoms with E-state index in [1.54, 1.807) is 0 Å². The van der Waals surface area contributed by atoms with Gasteiger partial charge in [-0.15, -0.1) is 0 Å². The largest absolute Gasteiger partial charge is 0.442 e. The number of ether oxygens (including phenoxy) is 2. The van der Waals surface area contributed by atoms with Gasteiger partial charge in [-0.25, -0.2) is 14.8 Å². The minimum absolute atomic E-state index is 0.0238. The summed E-state index contributed by atoms with van der Waals surface area (Å²) in [5.74, 6) is 1.27. The van der Waals surface area contributed by atoms with Gasteiger partial charge < -0.3 is 24.4 Å². The molecule has 10 heteroatoms. The van der Waals surface area contributed by atoms with Crippen LogP contribution in [0.5, 0.6) is 0 Å². The van der Waals surface area contributed by atoms with Crippen LogP contribution < -0.4 is 4.90 Å². The van der Waals surface area contributed by atoms with Crippen LogP contribution in [0, 0.1) is 6.92 Å². The third-order valence-corrected chi connectivity index (χ3v) is 7.02. The number of nitrogens with zero attached hydrogens (tertiary/aromatic N) is 5. The van der Waals surface area contributed by atoms with Gasteiger partial charge in [0.05, 0.1) is 24.7 Å². The molecule has 4 saturated heterocycles. The van der Waals surface area contributed by atoms with Crippen LogP contribution >= 0.6 is 0 Å². The van der Waals surface area contributed by atoms with Crippen molar-refractivity contribution in [1.82, 2.24) is 19.8 Å². The molecule has 0 radical (unpaired) electrons. The molecule has 5 heterocycles. The number of aryl methyl sites for hydroxylation is 1. The molecule has 0 aliphatic carbocycles. The number of amides is 2. The van der Waals surface area contributed by atoms with Crippen molar-refractivity contribution in [3.05, 3.63) is 17.6 Å². The normalized spacial score (nSPS) is 29.7. The second kappa shape index (κ2) is 8.82. The van der Waals surface area contributed by atoms with Gasteiger partial charge in [0.15, 0.2) is 5.82 Å². The van der Waals surface area contributed by atoms with Crippen LogP contribution in [0.25, 0.3) is 0 Å². The zero-order valence-electron chi connectivity index (χ0n) is 18.5. The van der Waals surface area contributed by atoms with Gasteiger partial charge in [0.1, 0.15) is 18.5 Å². The van der Waals surface area contributed by atoms with Crippen molar-refractivity contribution in [2.75, 3.05) is 37.7 Å². The second-order valence-corrected chi connectivity index (χ2v) is 9.20. The molecule has 1 aromatic rings. The van der Waals surface area contributed by atoms with Crippen LogP contribution in [0.3, 0.4) is 0 Å². The number of likely N-dealkylation sites (tertiary alicyclic amines) is 1. The van der Waals surface area contributed by atoms with Crippen molar-refractivity contribution in [3.63, 3.8) is 0 Å². The van der Waals surface area contributed by atoms with E-state index in [4.69, 9.17) is 9.47 Å². The Morgan fingerprint density at radius 1 is 1.25 bits per heavy atom. The Labute approximate surface area is 187 Å². The molecule has 0 spiro atoms. The smallest absolute Gasteiger partial charge is 0.410 e. The first-order valence-electron chi connectivity index (χ1n) is 11.6. The van der Waals surface area contributed by atoms with Crippen LogP contribution in [0.4, 0.5) is 10.6 Å². The molecule has 5 rings (SSSR count). The number of carbonyl (C=O) groups excluding carboxylic acids is 2. The third kappa shape index (κ3) is 4.13. The number of carbonyl (C=O) groups is 2. The molecule has 2 unspecified atom stereocenters. The first-order valence-corrected chi connectivity index (χ1v) is 11.6. The monoisotopic (exact) mass is 445 g/mol. The summed E-state index contributed by atoms with van der Waals surface area (Å²) in [7, 11) is 0. The third-order valence-electron chi connectivity index (χ3n) is 7.02. The zero-order valence-corrected chi connectivity index (χ0v) is 18.5. The maximum absolute atomic E-state index is 12.7. The molecule has 32 heavy (non-hydrogen) atoms. The number of aliphatic hydroxyl groups excluding tert-OH is 1. The Hall–Kier alpha value is -2.46. The Bertz CT molecular complexity index is 876. The van der Waals surface area contributed by atoms with Crippen molar-refractivity contribution in [2.24, 2.45) is 0 Å². The molecule has 10 nitrogen and oxygen atoms in total. The topological polar surface area (TPSA) is 108 Å². The molecule has 2 amide bonds. The zero-order chi connectivity index (χ0) is 22.2. The van der Waals surface area contributed by atoms with Crippen molar-refractivity contribution >= 4 is 17.8 Å². The summed E-state index contributed by atoms with van der Waals surface area (Å²) in [5.41, 5.74) is 0.790. The van der Waals surface area contributed by atoms with E-state index in [-0.39, 0.29) is 42.9 Å². The van der Waals surface area contributed by atoms with E-state index in [1.807, 2.05) is 22.8 Å². The first kappa shape index (κ1) is 21.4. The quantitative estimate of drug-likeness (QED) is 0.687. The minimum atomic E-state index is -0.284. The van der Waals surface area contributed by atoms with Gasteiger partial charge in [-0.05, 0) is 32.6 Å². The average molecular weight is 446 g/mol. The molecule has 1 aromatic heterocycles. The lowest BCUT2D eigenvalue weighted by Gasteiger charge is -2.28. The number of hydrogen-bond donors (Lipinski definition) is 1. The highest BCUT2D eigenvalue weighted by Gasteiger charge is 2.51. The predicted octanol–water partition coefficient (Wildman–Crippen LogP) is 0.847. The first-order chi connectivity index (χ1) is 15.5. The van der Waals surface area contributed by atoms with Gasteiger partial charge in [-0.1, -0.05) is 0 Å². The number of fused-ring (bicyclic) bond motifs is 1. The van der Waals surface area contributed by atoms with E-state index in [0.717, 1.165) is 43.8 Å². The average Bonchev–Trinajstić information content (AvgIpc) is 3.55. The summed E-state index contributed by atoms with van der Waals surface area (Å²) < 4.78 is 11.3. The van der Waals surface area contributed by atoms with E-state index < -0.39 is 0 Å². The van der Waals surface area contributed by atoms with Crippen molar-refractivity contribution in [3.8, 4) is 0 Å². The maximum atomic E-state index is 12.7. The lowest BCUT2D eigenvalue weighted by molar-refractivity contribution is -0.131. The molecule has 0 bridgehead atoms. The Morgan fingerprint density at radius 3 is 2.91 bits per heavy atom. The summed E-state index contributed by atoms with van der Waals surface area (Å²) >= 11 is 0. The standard InChI is InChI=1S/C22H31N5O5/c1-14-9-20(24-19(13-28)23-14)26-11-17-18(12-26)32-22(30)27(17)15-6-7-25(10-15)21(29)5-4-16-3-2-8-31-16/h9,15-18,28H,2-8,10-13H2,1H3/t15?,16?,17-,18+/m1/s1. The predicted molar refractivity (Wildman–Crippen MR) is 114 cm³/mol. The fraction of sp³-hybridized carbons (Fsp3) is 0.727. The number of rotatable bonds is 6. The summed E-state index contributed by atoms with van der Waals surface area (Å²) in [6.45, 7) is 4.87. The van der Waals surface area contributed by atoms with Crippen molar-refractivity contribution in [2.45, 2.75) is 69.9 Å². The molecule has 4 aliphatic rings. The van der Waals surface area contributed by atoms with E-state index in [1.165, 1.54) is 0 Å². The lowest BCUT2D eigenvalue weighted by Crippen LogP contribution is -2.46. The van der Waals surface area contributed by atoms with Gasteiger partial charge >= 0.3 is 6.09 Å². The maximum Gasteiger partial charge on any atom is 0.410 e. The van der Waals surface area contributed by atoms with Gasteiger partial charge in [-0.3, -0.25) is 9.69 Å². The SMILES string of the molecule is Cc1cc(N2C[C@@H]3OC(=O)N(C4CCN(C(=O)CCC5CCCO5)C4)[C@@H]3C2)nc(CO)n1. The second-order valence-electron chi connectivity index (χ2n) is 9.20. The highest BCUT2D eigenvalue weighted by Crippen LogP contribution is 2.33. The van der Waals surface area contributed by atoms with Gasteiger partial charge in [-0.2, -0.15) is 0 Å². The number of hydrogen-bond acceptors (Lipinski definition) is 8. The Morgan fingerprint density at radius 2 is 2.12 bits per heavy atom. The molecule has 4 aliphatic heterocycles. The Kier molecular flexibility index (Phi) is 5.90. The summed E-state index contributed by atoms with van der Waals surface area (Å²) in [5, 5.41) is 9.42. The van der Waals surface area contributed by atoms with E-state index in [2.05, 4.69) is 14.9 Å². The highest BCUT2D eigenvalue weighted by atomic mass is 16.6. The molecular formula is C22H31N5O5. The Balaban J connectivity index is 1.21. The van der Waals surface area contributed by atoms with Crippen LogP contribution in [0.2, 0.25) is 0 Å². The molecule has 4 fully saturated rings. The van der Waals surface area contributed by atoms with Crippen LogP contribution in [-0.4, -0.2) is 94.0 Å². The van der Waals surface area contributed by atoms with Crippen LogP contribution in [0.15, 0.2) is 6.07 Å². The molecular weight excluding hydrogens is 414 g/mol. The lowest BCUT2D eigenvalue weighted by atomic mass is 10.1. The molecule has 174 valence electrons. The number of aliphatic hydroxyl groups is 1. The molecule has 0 saturated carbocycles. The summed E-state index contributed by atoms with van der Waals surface area (Å²) in [4.78, 5) is 39.8. The summed E-state index contributed by atoms with van der Waals surface area (Å²) in [6, 6.07) is 1.79. The van der Waals surface area contributed by atoms with Crippen molar-refractivity contribution in [1.29, 1.82) is 0 Å². The minimum Gasteiger partial charge on any atom is -0.442 e. The van der Waals surface area contributed by atoms with Crippen LogP contribution in [-0.2, 0) is 20.9 Å². The fourth-order valence-corrected chi connectivity index (χ4v) is 5.43. The highest BCUT2D eigenvalue weighted by molar-refractivity contribution is 5.77.